The van der Waals surface area contributed by atoms with Gasteiger partial charge in [0.15, 0.2) is 5.78 Å². The second-order valence-corrected chi connectivity index (χ2v) is 10.1. The van der Waals surface area contributed by atoms with Crippen LogP contribution < -0.4 is 0 Å². The molecule has 1 atom stereocenters. The van der Waals surface area contributed by atoms with Gasteiger partial charge in [0, 0.05) is 48.3 Å². The Morgan fingerprint density at radius 1 is 1.07 bits per heavy atom. The van der Waals surface area contributed by atoms with Crippen LogP contribution in [0.5, 0.6) is 0 Å². The summed E-state index contributed by atoms with van der Waals surface area (Å²) >= 11 is 0. The molecular weight excluding hydrogens is 384 g/mol. The zero-order chi connectivity index (χ0) is 20.4. The van der Waals surface area contributed by atoms with Gasteiger partial charge in [0.25, 0.3) is 0 Å². The molecule has 1 aliphatic rings. The largest absolute Gasteiger partial charge is 0.358 e. The maximum atomic E-state index is 13.1. The van der Waals surface area contributed by atoms with Crippen LogP contribution in [0.3, 0.4) is 0 Å². The predicted molar refractivity (Wildman–Crippen MR) is 114 cm³/mol. The van der Waals surface area contributed by atoms with Crippen molar-refractivity contribution in [2.45, 2.75) is 25.7 Å². The van der Waals surface area contributed by atoms with Crippen molar-refractivity contribution in [2.75, 3.05) is 12.0 Å². The molecule has 0 amide bonds. The molecule has 0 aliphatic heterocycles. The van der Waals surface area contributed by atoms with E-state index in [1.54, 1.807) is 12.4 Å². The summed E-state index contributed by atoms with van der Waals surface area (Å²) < 4.78 is 23.1. The number of H-pyrrole nitrogens is 1. The maximum absolute atomic E-state index is 13.1. The van der Waals surface area contributed by atoms with Crippen LogP contribution >= 0.6 is 0 Å². The van der Waals surface area contributed by atoms with Gasteiger partial charge in [0.05, 0.1) is 11.4 Å². The van der Waals surface area contributed by atoms with E-state index in [1.807, 2.05) is 30.3 Å². The molecule has 5 nitrogen and oxygen atoms in total. The third kappa shape index (κ3) is 4.48. The number of aromatic nitrogens is 2. The predicted octanol–water partition coefficient (Wildman–Crippen LogP) is 3.85. The second kappa shape index (κ2) is 7.95. The third-order valence-corrected chi connectivity index (χ3v) is 6.49. The third-order valence-electron chi connectivity index (χ3n) is 5.52. The van der Waals surface area contributed by atoms with Crippen molar-refractivity contribution >= 4 is 15.6 Å². The number of sulfone groups is 1. The summed E-state index contributed by atoms with van der Waals surface area (Å²) in [6.07, 6.45) is 7.03. The van der Waals surface area contributed by atoms with Crippen molar-refractivity contribution in [3.05, 3.63) is 77.2 Å². The highest BCUT2D eigenvalue weighted by Gasteiger charge is 2.31. The molecule has 150 valence electrons. The minimum atomic E-state index is -3.03. The van der Waals surface area contributed by atoms with E-state index in [1.165, 1.54) is 6.26 Å². The highest BCUT2D eigenvalue weighted by atomic mass is 32.2. The van der Waals surface area contributed by atoms with Gasteiger partial charge in [-0.3, -0.25) is 9.78 Å². The number of hydrogen-bond acceptors (Lipinski definition) is 4. The van der Waals surface area contributed by atoms with Gasteiger partial charge in [-0.1, -0.05) is 30.3 Å². The van der Waals surface area contributed by atoms with E-state index < -0.39 is 9.84 Å². The summed E-state index contributed by atoms with van der Waals surface area (Å²) in [5, 5.41) is 0. The van der Waals surface area contributed by atoms with Crippen molar-refractivity contribution in [2.24, 2.45) is 5.92 Å². The number of fused-ring (bicyclic) bond motifs is 1. The molecule has 1 aliphatic carbocycles. The van der Waals surface area contributed by atoms with Crippen LogP contribution in [0.4, 0.5) is 0 Å². The van der Waals surface area contributed by atoms with E-state index in [0.29, 0.717) is 25.7 Å². The molecule has 0 saturated heterocycles. The lowest BCUT2D eigenvalue weighted by Gasteiger charge is -2.21. The van der Waals surface area contributed by atoms with Crippen LogP contribution in [-0.4, -0.2) is 36.2 Å². The van der Waals surface area contributed by atoms with E-state index in [-0.39, 0.29) is 17.5 Å². The van der Waals surface area contributed by atoms with E-state index in [0.717, 1.165) is 33.6 Å². The Morgan fingerprint density at radius 2 is 1.79 bits per heavy atom. The number of nitrogens with zero attached hydrogens (tertiary/aromatic N) is 1. The van der Waals surface area contributed by atoms with E-state index in [2.05, 4.69) is 22.1 Å². The number of rotatable bonds is 6. The van der Waals surface area contributed by atoms with E-state index in [4.69, 9.17) is 0 Å². The van der Waals surface area contributed by atoms with Gasteiger partial charge in [-0.25, -0.2) is 8.42 Å². The molecular formula is C23H24N2O3S. The molecule has 3 aromatic rings. The standard InChI is InChI=1S/C23H24N2O3S/c1-29(27,28)12-9-17-14-20-22(21(26)15-17)19(13-16-5-3-2-4-6-16)23(25-20)18-7-10-24-11-8-18/h2-8,10-11,17,25H,9,12-15H2,1H3. The topological polar surface area (TPSA) is 79.9 Å². The first kappa shape index (κ1) is 19.6. The average Bonchev–Trinajstić information content (AvgIpc) is 3.06. The van der Waals surface area contributed by atoms with Gasteiger partial charge in [-0.05, 0) is 42.0 Å². The molecule has 1 aromatic carbocycles. The maximum Gasteiger partial charge on any atom is 0.165 e. The fraction of sp³-hybridized carbons (Fsp3) is 0.304. The molecule has 4 rings (SSSR count). The smallest absolute Gasteiger partial charge is 0.165 e. The van der Waals surface area contributed by atoms with Gasteiger partial charge in [-0.15, -0.1) is 0 Å². The van der Waals surface area contributed by atoms with Crippen LogP contribution in [0.1, 0.15) is 40.0 Å². The molecule has 0 fully saturated rings. The molecule has 2 heterocycles. The number of ketones is 1. The number of pyridine rings is 1. The Bertz CT molecular complexity index is 1120. The van der Waals surface area contributed by atoms with Crippen molar-refractivity contribution in [3.63, 3.8) is 0 Å². The van der Waals surface area contributed by atoms with Crippen molar-refractivity contribution in [3.8, 4) is 11.3 Å². The summed E-state index contributed by atoms with van der Waals surface area (Å²) in [5.74, 6) is 0.278. The van der Waals surface area contributed by atoms with Gasteiger partial charge < -0.3 is 4.98 Å². The van der Waals surface area contributed by atoms with Crippen LogP contribution in [0.2, 0.25) is 0 Å². The van der Waals surface area contributed by atoms with Gasteiger partial charge >= 0.3 is 0 Å². The lowest BCUT2D eigenvalue weighted by molar-refractivity contribution is 0.0946. The lowest BCUT2D eigenvalue weighted by Crippen LogP contribution is -2.22. The summed E-state index contributed by atoms with van der Waals surface area (Å²) in [6, 6.07) is 14.0. The normalized spacial score (nSPS) is 16.6. The number of Topliss-reactive ketones (excluding diaryl/α,β-unsaturated/α-hetero) is 1. The number of benzene rings is 1. The Kier molecular flexibility index (Phi) is 5.37. The monoisotopic (exact) mass is 408 g/mol. The van der Waals surface area contributed by atoms with E-state index >= 15 is 0 Å². The number of carbonyl (C=O) groups is 1. The Hall–Kier alpha value is -2.73. The fourth-order valence-electron chi connectivity index (χ4n) is 4.14. The number of carbonyl (C=O) groups excluding carboxylic acids is 1. The average molecular weight is 409 g/mol. The van der Waals surface area contributed by atoms with Crippen molar-refractivity contribution in [1.82, 2.24) is 9.97 Å². The lowest BCUT2D eigenvalue weighted by atomic mass is 9.82. The van der Waals surface area contributed by atoms with Crippen LogP contribution in [0.25, 0.3) is 11.3 Å². The Balaban J connectivity index is 1.73. The molecule has 1 N–H and O–H groups in total. The van der Waals surface area contributed by atoms with Gasteiger partial charge in [0.1, 0.15) is 9.84 Å². The number of aromatic amines is 1. The second-order valence-electron chi connectivity index (χ2n) is 7.85. The summed E-state index contributed by atoms with van der Waals surface area (Å²) in [4.78, 5) is 20.7. The Morgan fingerprint density at radius 3 is 2.48 bits per heavy atom. The first-order valence-electron chi connectivity index (χ1n) is 9.79. The summed E-state index contributed by atoms with van der Waals surface area (Å²) in [7, 11) is -3.03. The quantitative estimate of drug-likeness (QED) is 0.672. The first-order chi connectivity index (χ1) is 13.9. The molecule has 6 heteroatoms. The summed E-state index contributed by atoms with van der Waals surface area (Å²) in [6.45, 7) is 0. The van der Waals surface area contributed by atoms with Crippen molar-refractivity contribution < 1.29 is 13.2 Å². The van der Waals surface area contributed by atoms with Crippen LogP contribution in [-0.2, 0) is 22.7 Å². The van der Waals surface area contributed by atoms with Crippen molar-refractivity contribution in [1.29, 1.82) is 0 Å². The minimum Gasteiger partial charge on any atom is -0.358 e. The highest BCUT2D eigenvalue weighted by molar-refractivity contribution is 7.90. The molecule has 0 radical (unpaired) electrons. The molecule has 0 bridgehead atoms. The first-order valence-corrected chi connectivity index (χ1v) is 11.9. The van der Waals surface area contributed by atoms with Crippen LogP contribution in [0.15, 0.2) is 54.9 Å². The molecule has 1 unspecified atom stereocenters. The van der Waals surface area contributed by atoms with Crippen LogP contribution in [0, 0.1) is 5.92 Å². The van der Waals surface area contributed by atoms with Gasteiger partial charge in [0.2, 0.25) is 0 Å². The Labute approximate surface area is 171 Å². The molecule has 29 heavy (non-hydrogen) atoms. The highest BCUT2D eigenvalue weighted by Crippen LogP contribution is 2.36. The minimum absolute atomic E-state index is 0.0539. The number of nitrogens with one attached hydrogen (secondary N) is 1. The van der Waals surface area contributed by atoms with E-state index in [9.17, 15) is 13.2 Å². The fourth-order valence-corrected chi connectivity index (χ4v) is 4.90. The zero-order valence-electron chi connectivity index (χ0n) is 16.4. The van der Waals surface area contributed by atoms with Gasteiger partial charge in [-0.2, -0.15) is 0 Å². The SMILES string of the molecule is CS(=O)(=O)CCC1CC(=O)c2c([nH]c(-c3ccncc3)c2Cc2ccccc2)C1. The zero-order valence-corrected chi connectivity index (χ0v) is 17.2. The molecule has 0 saturated carbocycles. The summed E-state index contributed by atoms with van der Waals surface area (Å²) in [5.41, 5.74) is 5.84. The molecule has 0 spiro atoms. The number of hydrogen-bond donors (Lipinski definition) is 1. The molecule has 2 aromatic heterocycles.